The van der Waals surface area contributed by atoms with Gasteiger partial charge < -0.3 is 16.0 Å². The minimum absolute atomic E-state index is 0.0415. The predicted molar refractivity (Wildman–Crippen MR) is 110 cm³/mol. The second-order valence-corrected chi connectivity index (χ2v) is 7.35. The van der Waals surface area contributed by atoms with Crippen LogP contribution < -0.4 is 11.1 Å². The Morgan fingerprint density at radius 2 is 2.00 bits per heavy atom. The zero-order valence-corrected chi connectivity index (χ0v) is 16.4. The molecule has 1 aromatic heterocycles. The summed E-state index contributed by atoms with van der Waals surface area (Å²) in [6, 6.07) is 13.6. The lowest BCUT2D eigenvalue weighted by molar-refractivity contribution is -0.123. The van der Waals surface area contributed by atoms with Crippen LogP contribution in [0.5, 0.6) is 0 Å². The van der Waals surface area contributed by atoms with Crippen LogP contribution in [0, 0.1) is 12.8 Å². The van der Waals surface area contributed by atoms with Gasteiger partial charge in [-0.15, -0.1) is 0 Å². The summed E-state index contributed by atoms with van der Waals surface area (Å²) < 4.78 is 0. The molecule has 0 aliphatic carbocycles. The number of carbonyl (C=O) groups excluding carboxylic acids is 2. The standard InChI is InChI=1S/C22H28N4O2/c1-16-19(10-11-20(25-16)17-7-3-2-4-8-17)22(28)24-12-6-14-26-13-5-9-18(15-26)21(23)27/h2-4,7-8,10-11,18H,5-6,9,12-15H2,1H3,(H2,23,27)(H,24,28). The number of likely N-dealkylation sites (tertiary alicyclic amines) is 1. The molecule has 6 nitrogen and oxygen atoms in total. The largest absolute Gasteiger partial charge is 0.369 e. The number of rotatable bonds is 7. The van der Waals surface area contributed by atoms with Crippen LogP contribution in [0.15, 0.2) is 42.5 Å². The van der Waals surface area contributed by atoms with Gasteiger partial charge in [0.15, 0.2) is 0 Å². The highest BCUT2D eigenvalue weighted by molar-refractivity contribution is 5.95. The predicted octanol–water partition coefficient (Wildman–Crippen LogP) is 2.37. The summed E-state index contributed by atoms with van der Waals surface area (Å²) >= 11 is 0. The van der Waals surface area contributed by atoms with Crippen molar-refractivity contribution in [3.63, 3.8) is 0 Å². The van der Waals surface area contributed by atoms with Crippen LogP contribution in [0.3, 0.4) is 0 Å². The van der Waals surface area contributed by atoms with Crippen molar-refractivity contribution in [2.45, 2.75) is 26.2 Å². The van der Waals surface area contributed by atoms with Crippen LogP contribution in [-0.2, 0) is 4.79 Å². The number of aryl methyl sites for hydroxylation is 1. The van der Waals surface area contributed by atoms with Crippen LogP contribution in [0.2, 0.25) is 0 Å². The molecule has 1 aromatic carbocycles. The van der Waals surface area contributed by atoms with Gasteiger partial charge in [-0.3, -0.25) is 14.6 Å². The Labute approximate surface area is 166 Å². The van der Waals surface area contributed by atoms with Gasteiger partial charge in [0.2, 0.25) is 5.91 Å². The number of primary amides is 1. The molecule has 2 heterocycles. The second-order valence-electron chi connectivity index (χ2n) is 7.35. The smallest absolute Gasteiger partial charge is 0.253 e. The van der Waals surface area contributed by atoms with Crippen molar-refractivity contribution in [1.29, 1.82) is 0 Å². The lowest BCUT2D eigenvalue weighted by Gasteiger charge is -2.31. The summed E-state index contributed by atoms with van der Waals surface area (Å²) in [5, 5.41) is 2.98. The molecular formula is C22H28N4O2. The molecule has 0 saturated carbocycles. The molecule has 1 fully saturated rings. The molecule has 2 aromatic rings. The van der Waals surface area contributed by atoms with Crippen molar-refractivity contribution in [3.05, 3.63) is 53.7 Å². The fourth-order valence-corrected chi connectivity index (χ4v) is 3.66. The summed E-state index contributed by atoms with van der Waals surface area (Å²) in [5.41, 5.74) is 8.65. The van der Waals surface area contributed by atoms with Gasteiger partial charge in [-0.25, -0.2) is 0 Å². The third-order valence-corrected chi connectivity index (χ3v) is 5.24. The van der Waals surface area contributed by atoms with Crippen molar-refractivity contribution >= 4 is 11.8 Å². The summed E-state index contributed by atoms with van der Waals surface area (Å²) in [7, 11) is 0. The van der Waals surface area contributed by atoms with E-state index in [1.807, 2.05) is 49.4 Å². The molecule has 2 amide bonds. The molecule has 6 heteroatoms. The Hall–Kier alpha value is -2.73. The van der Waals surface area contributed by atoms with E-state index in [9.17, 15) is 9.59 Å². The van der Waals surface area contributed by atoms with Crippen molar-refractivity contribution in [3.8, 4) is 11.3 Å². The van der Waals surface area contributed by atoms with Crippen molar-refractivity contribution in [1.82, 2.24) is 15.2 Å². The Morgan fingerprint density at radius 1 is 1.21 bits per heavy atom. The molecule has 28 heavy (non-hydrogen) atoms. The highest BCUT2D eigenvalue weighted by Gasteiger charge is 2.23. The third-order valence-electron chi connectivity index (χ3n) is 5.24. The number of amides is 2. The summed E-state index contributed by atoms with van der Waals surface area (Å²) in [6.07, 6.45) is 2.72. The van der Waals surface area contributed by atoms with E-state index in [0.29, 0.717) is 12.1 Å². The number of aromatic nitrogens is 1. The highest BCUT2D eigenvalue weighted by atomic mass is 16.2. The van der Waals surface area contributed by atoms with E-state index in [4.69, 9.17) is 5.73 Å². The van der Waals surface area contributed by atoms with Gasteiger partial charge >= 0.3 is 0 Å². The number of pyridine rings is 1. The number of piperidine rings is 1. The van der Waals surface area contributed by atoms with E-state index in [1.165, 1.54) is 0 Å². The summed E-state index contributed by atoms with van der Waals surface area (Å²) in [5.74, 6) is -0.349. The first kappa shape index (κ1) is 20.0. The number of carbonyl (C=O) groups is 2. The summed E-state index contributed by atoms with van der Waals surface area (Å²) in [4.78, 5) is 30.7. The zero-order valence-electron chi connectivity index (χ0n) is 16.4. The van der Waals surface area contributed by atoms with Gasteiger partial charge in [-0.1, -0.05) is 30.3 Å². The van der Waals surface area contributed by atoms with E-state index in [2.05, 4.69) is 15.2 Å². The Morgan fingerprint density at radius 3 is 2.71 bits per heavy atom. The number of nitrogens with one attached hydrogen (secondary N) is 1. The fraction of sp³-hybridized carbons (Fsp3) is 0.409. The van der Waals surface area contributed by atoms with Gasteiger partial charge in [-0.05, 0) is 51.4 Å². The topological polar surface area (TPSA) is 88.3 Å². The Kier molecular flexibility index (Phi) is 6.76. The first-order valence-corrected chi connectivity index (χ1v) is 9.87. The molecule has 148 valence electrons. The molecule has 1 atom stereocenters. The molecule has 0 spiro atoms. The van der Waals surface area contributed by atoms with Crippen molar-refractivity contribution in [2.24, 2.45) is 11.7 Å². The quantitative estimate of drug-likeness (QED) is 0.722. The van der Waals surface area contributed by atoms with E-state index < -0.39 is 0 Å². The molecule has 0 bridgehead atoms. The SMILES string of the molecule is Cc1nc(-c2ccccc2)ccc1C(=O)NCCCN1CCCC(C(N)=O)C1. The second kappa shape index (κ2) is 9.46. The minimum Gasteiger partial charge on any atom is -0.369 e. The average molecular weight is 380 g/mol. The minimum atomic E-state index is -0.208. The summed E-state index contributed by atoms with van der Waals surface area (Å²) in [6.45, 7) is 5.03. The van der Waals surface area contributed by atoms with Gasteiger partial charge in [0, 0.05) is 18.7 Å². The molecule has 0 radical (unpaired) electrons. The molecule has 1 aliphatic rings. The normalized spacial score (nSPS) is 17.2. The zero-order chi connectivity index (χ0) is 19.9. The average Bonchev–Trinajstić information content (AvgIpc) is 2.72. The van der Waals surface area contributed by atoms with Crippen molar-refractivity contribution in [2.75, 3.05) is 26.2 Å². The third kappa shape index (κ3) is 5.16. The van der Waals surface area contributed by atoms with Crippen LogP contribution in [0.25, 0.3) is 11.3 Å². The van der Waals surface area contributed by atoms with E-state index in [1.54, 1.807) is 0 Å². The van der Waals surface area contributed by atoms with Gasteiger partial charge in [0.1, 0.15) is 0 Å². The lowest BCUT2D eigenvalue weighted by atomic mass is 9.97. The highest BCUT2D eigenvalue weighted by Crippen LogP contribution is 2.19. The van der Waals surface area contributed by atoms with Crippen LogP contribution in [0.4, 0.5) is 0 Å². The molecule has 3 rings (SSSR count). The van der Waals surface area contributed by atoms with Gasteiger partial charge in [-0.2, -0.15) is 0 Å². The molecule has 1 saturated heterocycles. The number of benzene rings is 1. The fourth-order valence-electron chi connectivity index (χ4n) is 3.66. The maximum atomic E-state index is 12.5. The monoisotopic (exact) mass is 380 g/mol. The Bertz CT molecular complexity index is 823. The first-order valence-electron chi connectivity index (χ1n) is 9.87. The molecule has 3 N–H and O–H groups in total. The number of hydrogen-bond acceptors (Lipinski definition) is 4. The molecule has 1 unspecified atom stereocenters. The van der Waals surface area contributed by atoms with Crippen LogP contribution >= 0.6 is 0 Å². The molecule has 1 aliphatic heterocycles. The van der Waals surface area contributed by atoms with E-state index in [0.717, 1.165) is 55.8 Å². The first-order chi connectivity index (χ1) is 13.5. The maximum absolute atomic E-state index is 12.5. The van der Waals surface area contributed by atoms with Crippen LogP contribution in [-0.4, -0.2) is 47.9 Å². The molecular weight excluding hydrogens is 352 g/mol. The maximum Gasteiger partial charge on any atom is 0.253 e. The van der Waals surface area contributed by atoms with Crippen LogP contribution in [0.1, 0.15) is 35.3 Å². The lowest BCUT2D eigenvalue weighted by Crippen LogP contribution is -2.42. The number of hydrogen-bond donors (Lipinski definition) is 2. The van der Waals surface area contributed by atoms with E-state index in [-0.39, 0.29) is 17.7 Å². The van der Waals surface area contributed by atoms with E-state index >= 15 is 0 Å². The van der Waals surface area contributed by atoms with Gasteiger partial charge in [0.05, 0.1) is 22.9 Å². The van der Waals surface area contributed by atoms with Crippen molar-refractivity contribution < 1.29 is 9.59 Å². The number of nitrogens with zero attached hydrogens (tertiary/aromatic N) is 2. The number of nitrogens with two attached hydrogens (primary N) is 1. The Balaban J connectivity index is 1.48. The van der Waals surface area contributed by atoms with Gasteiger partial charge in [0.25, 0.3) is 5.91 Å².